The average molecular weight is 303 g/mol. The summed E-state index contributed by atoms with van der Waals surface area (Å²) in [5.41, 5.74) is 0.904. The molecule has 0 spiro atoms. The van der Waals surface area contributed by atoms with Crippen molar-refractivity contribution < 1.29 is 4.74 Å². The lowest BCUT2D eigenvalue weighted by Crippen LogP contribution is -2.27. The van der Waals surface area contributed by atoms with Gasteiger partial charge >= 0.3 is 0 Å². The molecule has 0 radical (unpaired) electrons. The molecule has 0 atom stereocenters. The normalized spacial score (nSPS) is 15.6. The Morgan fingerprint density at radius 1 is 1.00 bits per heavy atom. The zero-order chi connectivity index (χ0) is 14.2. The van der Waals surface area contributed by atoms with Crippen LogP contribution in [0.3, 0.4) is 0 Å². The molecule has 20 heavy (non-hydrogen) atoms. The molecule has 3 rings (SSSR count). The van der Waals surface area contributed by atoms with Crippen LogP contribution < -0.4 is 4.74 Å². The Bertz CT molecular complexity index is 659. The van der Waals surface area contributed by atoms with Gasteiger partial charge in [0, 0.05) is 20.4 Å². The third-order valence-corrected chi connectivity index (χ3v) is 4.32. The van der Waals surface area contributed by atoms with E-state index < -0.39 is 0 Å². The van der Waals surface area contributed by atoms with Gasteiger partial charge in [-0.25, -0.2) is 0 Å². The first-order valence-electron chi connectivity index (χ1n) is 6.48. The van der Waals surface area contributed by atoms with E-state index in [2.05, 4.69) is 38.1 Å². The van der Waals surface area contributed by atoms with Crippen molar-refractivity contribution in [3.8, 4) is 5.75 Å². The first-order chi connectivity index (χ1) is 9.52. The van der Waals surface area contributed by atoms with Crippen molar-refractivity contribution in [1.82, 2.24) is 0 Å². The molecule has 2 aromatic rings. The summed E-state index contributed by atoms with van der Waals surface area (Å²) in [6.07, 6.45) is 4.22. The third-order valence-electron chi connectivity index (χ3n) is 3.07. The molecule has 0 saturated heterocycles. The van der Waals surface area contributed by atoms with E-state index in [-0.39, 0.29) is 5.60 Å². The number of rotatable bonds is 2. The largest absolute Gasteiger partial charge is 0.483 e. The molecule has 102 valence electrons. The van der Waals surface area contributed by atoms with Gasteiger partial charge in [0.25, 0.3) is 0 Å². The lowest BCUT2D eigenvalue weighted by molar-refractivity contribution is 0.159. The van der Waals surface area contributed by atoms with Crippen LogP contribution in [-0.4, -0.2) is 5.60 Å². The van der Waals surface area contributed by atoms with Gasteiger partial charge in [0.15, 0.2) is 0 Å². The molecule has 0 bridgehead atoms. The molecule has 3 heteroatoms. The fraction of sp³-hybridized carbons (Fsp3) is 0.176. The Morgan fingerprint density at radius 2 is 1.70 bits per heavy atom. The van der Waals surface area contributed by atoms with Crippen LogP contribution in [-0.2, 0) is 0 Å². The highest BCUT2D eigenvalue weighted by molar-refractivity contribution is 7.99. The summed E-state index contributed by atoms with van der Waals surface area (Å²) in [6, 6.07) is 14.2. The monoisotopic (exact) mass is 302 g/mol. The summed E-state index contributed by atoms with van der Waals surface area (Å²) in [5, 5.41) is 0.762. The second-order valence-corrected chi connectivity index (χ2v) is 6.88. The molecule has 1 aliphatic rings. The van der Waals surface area contributed by atoms with Crippen molar-refractivity contribution in [2.45, 2.75) is 29.2 Å². The van der Waals surface area contributed by atoms with Gasteiger partial charge in [-0.1, -0.05) is 29.4 Å². The molecule has 0 unspecified atom stereocenters. The Hall–Kier alpha value is -1.38. The molecule has 1 heterocycles. The van der Waals surface area contributed by atoms with Gasteiger partial charge in [-0.15, -0.1) is 0 Å². The maximum atomic E-state index is 5.93. The fourth-order valence-electron chi connectivity index (χ4n) is 2.06. The average Bonchev–Trinajstić information content (AvgIpc) is 2.41. The summed E-state index contributed by atoms with van der Waals surface area (Å²) >= 11 is 7.62. The van der Waals surface area contributed by atoms with Crippen LogP contribution in [0.4, 0.5) is 0 Å². The van der Waals surface area contributed by atoms with Crippen molar-refractivity contribution >= 4 is 29.4 Å². The predicted molar refractivity (Wildman–Crippen MR) is 85.8 cm³/mol. The Labute approximate surface area is 128 Å². The summed E-state index contributed by atoms with van der Waals surface area (Å²) in [4.78, 5) is 2.37. The number of fused-ring (bicyclic) bond motifs is 1. The number of benzene rings is 2. The highest BCUT2D eigenvalue weighted by Gasteiger charge is 2.21. The molecule has 0 fully saturated rings. The minimum Gasteiger partial charge on any atom is -0.483 e. The van der Waals surface area contributed by atoms with Crippen molar-refractivity contribution in [2.75, 3.05) is 0 Å². The van der Waals surface area contributed by atoms with Crippen LogP contribution >= 0.6 is 23.4 Å². The number of halogens is 1. The van der Waals surface area contributed by atoms with Gasteiger partial charge < -0.3 is 4.74 Å². The van der Waals surface area contributed by atoms with E-state index in [1.54, 1.807) is 11.8 Å². The molecule has 0 amide bonds. The van der Waals surface area contributed by atoms with Crippen LogP contribution in [0.5, 0.6) is 5.75 Å². The van der Waals surface area contributed by atoms with Crippen molar-refractivity contribution in [3.63, 3.8) is 0 Å². The van der Waals surface area contributed by atoms with Crippen molar-refractivity contribution in [1.29, 1.82) is 0 Å². The Balaban J connectivity index is 1.84. The van der Waals surface area contributed by atoms with Crippen LogP contribution in [0.15, 0.2) is 58.3 Å². The molecule has 0 aliphatic carbocycles. The first-order valence-corrected chi connectivity index (χ1v) is 7.67. The van der Waals surface area contributed by atoms with E-state index in [0.717, 1.165) is 16.3 Å². The van der Waals surface area contributed by atoms with Gasteiger partial charge in [0.1, 0.15) is 11.4 Å². The van der Waals surface area contributed by atoms with Crippen LogP contribution in [0, 0.1) is 0 Å². The maximum absolute atomic E-state index is 5.93. The van der Waals surface area contributed by atoms with E-state index in [9.17, 15) is 0 Å². The van der Waals surface area contributed by atoms with E-state index in [1.807, 2.05) is 30.3 Å². The maximum Gasteiger partial charge on any atom is 0.127 e. The standard InChI is InChI=1S/C17H15ClOS/c1-17(2)10-9-12-11-15(7-8-16(12)19-17)20-14-5-3-13(18)4-6-14/h3-11H,1-2H3. The van der Waals surface area contributed by atoms with Gasteiger partial charge in [-0.05, 0) is 62.4 Å². The second-order valence-electron chi connectivity index (χ2n) is 5.29. The SMILES string of the molecule is CC1(C)C=Cc2cc(Sc3ccc(Cl)cc3)ccc2O1. The molecule has 0 aromatic heterocycles. The van der Waals surface area contributed by atoms with Gasteiger partial charge in [-0.3, -0.25) is 0 Å². The number of ether oxygens (including phenoxy) is 1. The first kappa shape index (κ1) is 13.6. The third kappa shape index (κ3) is 3.02. The van der Waals surface area contributed by atoms with Crippen LogP contribution in [0.1, 0.15) is 19.4 Å². The van der Waals surface area contributed by atoms with Crippen molar-refractivity contribution in [2.24, 2.45) is 0 Å². The molecule has 1 aliphatic heterocycles. The highest BCUT2D eigenvalue weighted by atomic mass is 35.5. The summed E-state index contributed by atoms with van der Waals surface area (Å²) in [6.45, 7) is 4.12. The second kappa shape index (κ2) is 5.19. The quantitative estimate of drug-likeness (QED) is 0.706. The van der Waals surface area contributed by atoms with E-state index in [1.165, 1.54) is 9.79 Å². The minimum atomic E-state index is -0.224. The van der Waals surface area contributed by atoms with E-state index in [4.69, 9.17) is 16.3 Å². The van der Waals surface area contributed by atoms with E-state index in [0.29, 0.717) is 0 Å². The molecule has 2 aromatic carbocycles. The molecule has 0 N–H and O–H groups in total. The van der Waals surface area contributed by atoms with Gasteiger partial charge in [-0.2, -0.15) is 0 Å². The Morgan fingerprint density at radius 3 is 2.45 bits per heavy atom. The van der Waals surface area contributed by atoms with Gasteiger partial charge in [0.2, 0.25) is 0 Å². The predicted octanol–water partition coefficient (Wildman–Crippen LogP) is 5.68. The van der Waals surface area contributed by atoms with Crippen LogP contribution in [0.25, 0.3) is 6.08 Å². The van der Waals surface area contributed by atoms with Crippen LogP contribution in [0.2, 0.25) is 5.02 Å². The lowest BCUT2D eigenvalue weighted by atomic mass is 10.0. The molecule has 1 nitrogen and oxygen atoms in total. The molecular formula is C17H15ClOS. The fourth-order valence-corrected chi connectivity index (χ4v) is 3.05. The summed E-state index contributed by atoms with van der Waals surface area (Å²) < 4.78 is 5.93. The zero-order valence-electron chi connectivity index (χ0n) is 11.4. The highest BCUT2D eigenvalue weighted by Crippen LogP contribution is 2.36. The minimum absolute atomic E-state index is 0.224. The zero-order valence-corrected chi connectivity index (χ0v) is 13.0. The lowest BCUT2D eigenvalue weighted by Gasteiger charge is -2.28. The topological polar surface area (TPSA) is 9.23 Å². The van der Waals surface area contributed by atoms with E-state index >= 15 is 0 Å². The van der Waals surface area contributed by atoms with Crippen molar-refractivity contribution in [3.05, 3.63) is 59.1 Å². The summed E-state index contributed by atoms with van der Waals surface area (Å²) in [5.74, 6) is 0.943. The number of hydrogen-bond donors (Lipinski definition) is 0. The molecule has 0 saturated carbocycles. The summed E-state index contributed by atoms with van der Waals surface area (Å²) in [7, 11) is 0. The number of hydrogen-bond acceptors (Lipinski definition) is 2. The molecular weight excluding hydrogens is 288 g/mol. The smallest absolute Gasteiger partial charge is 0.127 e. The van der Waals surface area contributed by atoms with Gasteiger partial charge in [0.05, 0.1) is 0 Å². The Kier molecular flexibility index (Phi) is 3.53.